The van der Waals surface area contributed by atoms with Gasteiger partial charge in [0.1, 0.15) is 17.1 Å². The third-order valence-corrected chi connectivity index (χ3v) is 3.63. The van der Waals surface area contributed by atoms with E-state index in [-0.39, 0.29) is 16.7 Å². The Labute approximate surface area is 116 Å². The number of aromatic nitrogens is 1. The second-order valence-corrected chi connectivity index (χ2v) is 4.96. The zero-order valence-electron chi connectivity index (χ0n) is 11.2. The summed E-state index contributed by atoms with van der Waals surface area (Å²) in [7, 11) is 0. The zero-order chi connectivity index (χ0) is 14.1. The first-order chi connectivity index (χ1) is 9.66. The Morgan fingerprint density at radius 1 is 1.45 bits per heavy atom. The fraction of sp³-hybridized carbons (Fsp3) is 0.357. The molecule has 2 heterocycles. The second kappa shape index (κ2) is 4.96. The van der Waals surface area contributed by atoms with Crippen LogP contribution in [0.15, 0.2) is 34.9 Å². The van der Waals surface area contributed by atoms with E-state index in [2.05, 4.69) is 10.1 Å². The highest BCUT2D eigenvalue weighted by molar-refractivity contribution is 5.64. The molecule has 0 amide bonds. The predicted octanol–water partition coefficient (Wildman–Crippen LogP) is 3.23. The molecule has 20 heavy (non-hydrogen) atoms. The Bertz CT molecular complexity index is 638. The maximum atomic E-state index is 11.2. The zero-order valence-corrected chi connectivity index (χ0v) is 11.2. The smallest absolute Gasteiger partial charge is 0.292 e. The van der Waals surface area contributed by atoms with Crippen LogP contribution in [0.4, 0.5) is 11.4 Å². The van der Waals surface area contributed by atoms with Crippen LogP contribution in [0.5, 0.6) is 0 Å². The minimum Gasteiger partial charge on any atom is -0.361 e. The number of nitro groups is 1. The SMILES string of the molecule is Cc1cc(C2CCCN2c2ccccc2[N+](=O)[O-])no1. The van der Waals surface area contributed by atoms with Crippen molar-refractivity contribution in [3.63, 3.8) is 0 Å². The standard InChI is InChI=1S/C14H15N3O3/c1-10-9-11(15-20-10)12-7-4-8-16(12)13-5-2-3-6-14(13)17(18)19/h2-3,5-6,9,12H,4,7-8H2,1H3. The molecule has 0 bridgehead atoms. The summed E-state index contributed by atoms with van der Waals surface area (Å²) < 4.78 is 5.13. The number of aryl methyl sites for hydroxylation is 1. The first-order valence-electron chi connectivity index (χ1n) is 6.60. The fourth-order valence-corrected chi connectivity index (χ4v) is 2.77. The van der Waals surface area contributed by atoms with Crippen molar-refractivity contribution < 1.29 is 9.45 Å². The second-order valence-electron chi connectivity index (χ2n) is 4.96. The molecule has 1 fully saturated rings. The molecule has 0 spiro atoms. The van der Waals surface area contributed by atoms with Crippen LogP contribution in [-0.2, 0) is 0 Å². The van der Waals surface area contributed by atoms with Crippen molar-refractivity contribution in [2.75, 3.05) is 11.4 Å². The average molecular weight is 273 g/mol. The van der Waals surface area contributed by atoms with Gasteiger partial charge in [-0.3, -0.25) is 10.1 Å². The van der Waals surface area contributed by atoms with Crippen LogP contribution in [-0.4, -0.2) is 16.6 Å². The summed E-state index contributed by atoms with van der Waals surface area (Å²) in [6.45, 7) is 2.64. The van der Waals surface area contributed by atoms with Gasteiger partial charge >= 0.3 is 0 Å². The van der Waals surface area contributed by atoms with Gasteiger partial charge in [-0.1, -0.05) is 17.3 Å². The monoisotopic (exact) mass is 273 g/mol. The molecule has 1 aliphatic heterocycles. The van der Waals surface area contributed by atoms with Gasteiger partial charge in [0.2, 0.25) is 0 Å². The van der Waals surface area contributed by atoms with E-state index >= 15 is 0 Å². The Morgan fingerprint density at radius 2 is 2.25 bits per heavy atom. The maximum absolute atomic E-state index is 11.2. The number of para-hydroxylation sites is 2. The van der Waals surface area contributed by atoms with Gasteiger partial charge in [-0.25, -0.2) is 0 Å². The summed E-state index contributed by atoms with van der Waals surface area (Å²) >= 11 is 0. The van der Waals surface area contributed by atoms with Crippen LogP contribution in [0.25, 0.3) is 0 Å². The van der Waals surface area contributed by atoms with Crippen LogP contribution in [0, 0.1) is 17.0 Å². The summed E-state index contributed by atoms with van der Waals surface area (Å²) in [6, 6.07) is 8.80. The Morgan fingerprint density at radius 3 is 2.95 bits per heavy atom. The van der Waals surface area contributed by atoms with Gasteiger partial charge in [0.15, 0.2) is 0 Å². The van der Waals surface area contributed by atoms with E-state index in [9.17, 15) is 10.1 Å². The Balaban J connectivity index is 1.99. The van der Waals surface area contributed by atoms with Crippen LogP contribution >= 0.6 is 0 Å². The van der Waals surface area contributed by atoms with Gasteiger partial charge in [0.05, 0.1) is 11.0 Å². The molecule has 6 nitrogen and oxygen atoms in total. The Kier molecular flexibility index (Phi) is 3.14. The molecule has 1 unspecified atom stereocenters. The molecule has 0 N–H and O–H groups in total. The van der Waals surface area contributed by atoms with Crippen molar-refractivity contribution in [1.82, 2.24) is 5.16 Å². The van der Waals surface area contributed by atoms with Crippen LogP contribution < -0.4 is 4.90 Å². The van der Waals surface area contributed by atoms with Gasteiger partial charge in [-0.15, -0.1) is 0 Å². The number of nitro benzene ring substituents is 1. The first kappa shape index (κ1) is 12.7. The van der Waals surface area contributed by atoms with Crippen molar-refractivity contribution in [3.05, 3.63) is 51.9 Å². The molecule has 1 atom stereocenters. The molecular formula is C14H15N3O3. The van der Waals surface area contributed by atoms with Gasteiger partial charge in [-0.05, 0) is 25.8 Å². The molecule has 0 aliphatic carbocycles. The van der Waals surface area contributed by atoms with Crippen molar-refractivity contribution in [2.45, 2.75) is 25.8 Å². The fourth-order valence-electron chi connectivity index (χ4n) is 2.77. The normalized spacial score (nSPS) is 18.4. The predicted molar refractivity (Wildman–Crippen MR) is 73.7 cm³/mol. The molecular weight excluding hydrogens is 258 g/mol. The van der Waals surface area contributed by atoms with E-state index in [1.807, 2.05) is 19.1 Å². The molecule has 2 aromatic rings. The summed E-state index contributed by atoms with van der Waals surface area (Å²) in [5, 5.41) is 15.2. The summed E-state index contributed by atoms with van der Waals surface area (Å²) in [5.74, 6) is 0.759. The van der Waals surface area contributed by atoms with Crippen molar-refractivity contribution in [2.24, 2.45) is 0 Å². The van der Waals surface area contributed by atoms with E-state index in [0.717, 1.165) is 30.8 Å². The maximum Gasteiger partial charge on any atom is 0.292 e. The van der Waals surface area contributed by atoms with Crippen molar-refractivity contribution in [1.29, 1.82) is 0 Å². The molecule has 0 saturated carbocycles. The molecule has 1 aliphatic rings. The number of hydrogen-bond acceptors (Lipinski definition) is 5. The van der Waals surface area contributed by atoms with E-state index in [4.69, 9.17) is 4.52 Å². The number of benzene rings is 1. The third-order valence-electron chi connectivity index (χ3n) is 3.63. The van der Waals surface area contributed by atoms with E-state index in [0.29, 0.717) is 5.69 Å². The molecule has 3 rings (SSSR count). The van der Waals surface area contributed by atoms with Gasteiger partial charge in [-0.2, -0.15) is 0 Å². The summed E-state index contributed by atoms with van der Waals surface area (Å²) in [6.07, 6.45) is 1.92. The molecule has 1 aromatic carbocycles. The van der Waals surface area contributed by atoms with Crippen LogP contribution in [0.2, 0.25) is 0 Å². The van der Waals surface area contributed by atoms with Gasteiger partial charge < -0.3 is 9.42 Å². The number of rotatable bonds is 3. The molecule has 1 aromatic heterocycles. The highest BCUT2D eigenvalue weighted by Crippen LogP contribution is 2.39. The lowest BCUT2D eigenvalue weighted by Gasteiger charge is -2.24. The molecule has 6 heteroatoms. The summed E-state index contributed by atoms with van der Waals surface area (Å²) in [4.78, 5) is 12.9. The highest BCUT2D eigenvalue weighted by atomic mass is 16.6. The Hall–Kier alpha value is -2.37. The van der Waals surface area contributed by atoms with E-state index in [1.54, 1.807) is 18.2 Å². The molecule has 104 valence electrons. The van der Waals surface area contributed by atoms with Crippen LogP contribution in [0.3, 0.4) is 0 Å². The van der Waals surface area contributed by atoms with Crippen molar-refractivity contribution in [3.8, 4) is 0 Å². The number of anilines is 1. The minimum atomic E-state index is -0.335. The van der Waals surface area contributed by atoms with Gasteiger partial charge in [0.25, 0.3) is 5.69 Å². The minimum absolute atomic E-state index is 0.0496. The van der Waals surface area contributed by atoms with E-state index < -0.39 is 0 Å². The average Bonchev–Trinajstić information content (AvgIpc) is 3.06. The lowest BCUT2D eigenvalue weighted by Crippen LogP contribution is -2.23. The largest absolute Gasteiger partial charge is 0.361 e. The van der Waals surface area contributed by atoms with Crippen molar-refractivity contribution >= 4 is 11.4 Å². The van der Waals surface area contributed by atoms with Crippen LogP contribution in [0.1, 0.15) is 30.3 Å². The molecule has 1 saturated heterocycles. The third kappa shape index (κ3) is 2.13. The first-order valence-corrected chi connectivity index (χ1v) is 6.60. The lowest BCUT2D eigenvalue weighted by atomic mass is 10.1. The quantitative estimate of drug-likeness (QED) is 0.634. The summed E-state index contributed by atoms with van der Waals surface area (Å²) in [5.41, 5.74) is 1.64. The molecule has 0 radical (unpaired) electrons. The topological polar surface area (TPSA) is 72.4 Å². The van der Waals surface area contributed by atoms with Gasteiger partial charge in [0, 0.05) is 18.7 Å². The number of nitrogens with zero attached hydrogens (tertiary/aromatic N) is 3. The number of hydrogen-bond donors (Lipinski definition) is 0. The lowest BCUT2D eigenvalue weighted by molar-refractivity contribution is -0.384. The van der Waals surface area contributed by atoms with E-state index in [1.165, 1.54) is 0 Å². The highest BCUT2D eigenvalue weighted by Gasteiger charge is 2.32.